The highest BCUT2D eigenvalue weighted by atomic mass is 32.2. The van der Waals surface area contributed by atoms with Crippen molar-refractivity contribution in [2.24, 2.45) is 0 Å². The van der Waals surface area contributed by atoms with Crippen molar-refractivity contribution in [2.45, 2.75) is 24.8 Å². The molecular weight excluding hydrogens is 312 g/mol. The molecule has 1 aromatic carbocycles. The van der Waals surface area contributed by atoms with Gasteiger partial charge in [-0.3, -0.25) is 0 Å². The summed E-state index contributed by atoms with van der Waals surface area (Å²) in [4.78, 5) is 14.9. The molecule has 0 fully saturated rings. The monoisotopic (exact) mass is 328 g/mol. The second-order valence-electron chi connectivity index (χ2n) is 4.65. The molecule has 2 aromatic rings. The van der Waals surface area contributed by atoms with E-state index < -0.39 is 21.8 Å². The van der Waals surface area contributed by atoms with Crippen LogP contribution in [0.3, 0.4) is 0 Å². The van der Waals surface area contributed by atoms with Crippen LogP contribution >= 0.6 is 12.2 Å². The molecule has 1 aromatic heterocycles. The number of carbonyl (C=O) groups excluding carboxylic acids is 1. The zero-order valence-corrected chi connectivity index (χ0v) is 13.5. The molecule has 0 saturated heterocycles. The predicted molar refractivity (Wildman–Crippen MR) is 81.6 cm³/mol. The first-order valence-electron chi connectivity index (χ1n) is 6.37. The van der Waals surface area contributed by atoms with Gasteiger partial charge in [-0.2, -0.15) is 0 Å². The van der Waals surface area contributed by atoms with E-state index in [2.05, 4.69) is 4.98 Å². The molecule has 21 heavy (non-hydrogen) atoms. The van der Waals surface area contributed by atoms with Crippen LogP contribution in [0.25, 0.3) is 11.0 Å². The Morgan fingerprint density at radius 3 is 2.71 bits per heavy atom. The lowest BCUT2D eigenvalue weighted by Gasteiger charge is -2.13. The average molecular weight is 328 g/mol. The predicted octanol–water partition coefficient (Wildman–Crippen LogP) is 2.23. The van der Waals surface area contributed by atoms with E-state index in [0.29, 0.717) is 11.0 Å². The number of carbonyl (C=O) groups is 1. The van der Waals surface area contributed by atoms with Gasteiger partial charge in [0.1, 0.15) is 6.04 Å². The minimum absolute atomic E-state index is 0.154. The quantitative estimate of drug-likeness (QED) is 0.687. The zero-order valence-electron chi connectivity index (χ0n) is 11.9. The molecular formula is C13H16N2O4S2. The van der Waals surface area contributed by atoms with Gasteiger partial charge >= 0.3 is 5.97 Å². The van der Waals surface area contributed by atoms with Gasteiger partial charge in [0.2, 0.25) is 0 Å². The molecule has 0 aliphatic rings. The summed E-state index contributed by atoms with van der Waals surface area (Å²) < 4.78 is 30.5. The standard InChI is InChI=1S/C13H16N2O4S2/c1-4-19-12(16)8(2)15-9-6-5-7-10(21(3,17)18)11(9)14-13(15)20/h5-8H,4H2,1-3H3,(H,14,20). The second-order valence-corrected chi connectivity index (χ2v) is 7.02. The number of aromatic nitrogens is 2. The van der Waals surface area contributed by atoms with Gasteiger partial charge in [-0.25, -0.2) is 13.2 Å². The summed E-state index contributed by atoms with van der Waals surface area (Å²) in [5, 5.41) is 0. The van der Waals surface area contributed by atoms with Crippen molar-refractivity contribution < 1.29 is 17.9 Å². The number of aromatic amines is 1. The number of hydrogen-bond acceptors (Lipinski definition) is 5. The highest BCUT2D eigenvalue weighted by Gasteiger charge is 2.22. The Bertz CT molecular complexity index is 849. The summed E-state index contributed by atoms with van der Waals surface area (Å²) >= 11 is 5.22. The normalized spacial score (nSPS) is 13.3. The van der Waals surface area contributed by atoms with Gasteiger partial charge in [-0.05, 0) is 38.2 Å². The van der Waals surface area contributed by atoms with Crippen LogP contribution in [-0.4, -0.2) is 36.8 Å². The molecule has 1 atom stereocenters. The molecule has 0 aliphatic heterocycles. The van der Waals surface area contributed by atoms with Crippen LogP contribution in [0.15, 0.2) is 23.1 Å². The number of nitrogens with one attached hydrogen (secondary N) is 1. The van der Waals surface area contributed by atoms with Gasteiger partial charge in [0, 0.05) is 6.26 Å². The summed E-state index contributed by atoms with van der Waals surface area (Å²) in [6, 6.07) is 4.20. The van der Waals surface area contributed by atoms with E-state index in [4.69, 9.17) is 17.0 Å². The van der Waals surface area contributed by atoms with Crippen LogP contribution in [0.4, 0.5) is 0 Å². The lowest BCUT2D eigenvalue weighted by atomic mass is 10.3. The number of ether oxygens (including phenoxy) is 1. The van der Waals surface area contributed by atoms with Crippen molar-refractivity contribution in [3.05, 3.63) is 23.0 Å². The maximum atomic E-state index is 11.9. The number of para-hydroxylation sites is 1. The van der Waals surface area contributed by atoms with Crippen LogP contribution in [0.2, 0.25) is 0 Å². The number of nitrogens with zero attached hydrogens (tertiary/aromatic N) is 1. The Balaban J connectivity index is 2.70. The molecule has 0 radical (unpaired) electrons. The summed E-state index contributed by atoms with van der Waals surface area (Å²) in [6.45, 7) is 3.66. The third-order valence-electron chi connectivity index (χ3n) is 3.13. The first-order chi connectivity index (χ1) is 9.77. The Morgan fingerprint density at radius 2 is 2.14 bits per heavy atom. The fourth-order valence-corrected chi connectivity index (χ4v) is 3.39. The number of hydrogen-bond donors (Lipinski definition) is 1. The second kappa shape index (κ2) is 5.61. The van der Waals surface area contributed by atoms with Crippen molar-refractivity contribution in [3.8, 4) is 0 Å². The average Bonchev–Trinajstić information content (AvgIpc) is 2.72. The lowest BCUT2D eigenvalue weighted by Crippen LogP contribution is -2.19. The Morgan fingerprint density at radius 1 is 1.48 bits per heavy atom. The van der Waals surface area contributed by atoms with Crippen molar-refractivity contribution in [1.29, 1.82) is 0 Å². The van der Waals surface area contributed by atoms with Crippen LogP contribution < -0.4 is 0 Å². The van der Waals surface area contributed by atoms with Crippen LogP contribution in [0, 0.1) is 4.77 Å². The SMILES string of the molecule is CCOC(=O)C(C)n1c(=S)[nH]c2c(S(C)(=O)=O)cccc21. The van der Waals surface area contributed by atoms with Crippen molar-refractivity contribution in [3.63, 3.8) is 0 Å². The van der Waals surface area contributed by atoms with Crippen LogP contribution in [-0.2, 0) is 19.4 Å². The van der Waals surface area contributed by atoms with Crippen molar-refractivity contribution in [2.75, 3.05) is 12.9 Å². The summed E-state index contributed by atoms with van der Waals surface area (Å²) in [5.41, 5.74) is 0.963. The third-order valence-corrected chi connectivity index (χ3v) is 4.57. The zero-order chi connectivity index (χ0) is 15.8. The number of imidazole rings is 1. The fraction of sp³-hybridized carbons (Fsp3) is 0.385. The third kappa shape index (κ3) is 2.86. The molecule has 0 spiro atoms. The first-order valence-corrected chi connectivity index (χ1v) is 8.67. The van der Waals surface area contributed by atoms with E-state index in [0.717, 1.165) is 6.26 Å². The van der Waals surface area contributed by atoms with E-state index in [1.807, 2.05) is 0 Å². The van der Waals surface area contributed by atoms with Crippen LogP contribution in [0.5, 0.6) is 0 Å². The summed E-state index contributed by atoms with van der Waals surface area (Å²) in [6.07, 6.45) is 1.13. The summed E-state index contributed by atoms with van der Waals surface area (Å²) in [5.74, 6) is -0.417. The molecule has 1 N–H and O–H groups in total. The van der Waals surface area contributed by atoms with E-state index in [-0.39, 0.29) is 16.3 Å². The number of H-pyrrole nitrogens is 1. The molecule has 0 aliphatic carbocycles. The first kappa shape index (κ1) is 15.7. The largest absolute Gasteiger partial charge is 0.464 e. The smallest absolute Gasteiger partial charge is 0.328 e. The number of benzene rings is 1. The Kier molecular flexibility index (Phi) is 4.20. The highest BCUT2D eigenvalue weighted by molar-refractivity contribution is 7.91. The molecule has 6 nitrogen and oxygen atoms in total. The molecule has 8 heteroatoms. The van der Waals surface area contributed by atoms with E-state index in [1.165, 1.54) is 6.07 Å². The molecule has 1 heterocycles. The topological polar surface area (TPSA) is 81.2 Å². The van der Waals surface area contributed by atoms with Gasteiger partial charge in [0.05, 0.1) is 22.5 Å². The van der Waals surface area contributed by atoms with Crippen molar-refractivity contribution in [1.82, 2.24) is 9.55 Å². The van der Waals surface area contributed by atoms with Crippen molar-refractivity contribution >= 4 is 39.1 Å². The molecule has 0 amide bonds. The number of rotatable bonds is 4. The lowest BCUT2D eigenvalue weighted by molar-refractivity contribution is -0.146. The van der Waals surface area contributed by atoms with Gasteiger partial charge in [0.25, 0.3) is 0 Å². The van der Waals surface area contributed by atoms with E-state index >= 15 is 0 Å². The van der Waals surface area contributed by atoms with E-state index in [9.17, 15) is 13.2 Å². The number of fused-ring (bicyclic) bond motifs is 1. The van der Waals surface area contributed by atoms with Gasteiger partial charge in [-0.15, -0.1) is 0 Å². The summed E-state index contributed by atoms with van der Waals surface area (Å²) in [7, 11) is -3.40. The molecule has 2 rings (SSSR count). The number of esters is 1. The maximum absolute atomic E-state index is 11.9. The Hall–Kier alpha value is -1.67. The van der Waals surface area contributed by atoms with E-state index in [1.54, 1.807) is 30.5 Å². The number of sulfone groups is 1. The fourth-order valence-electron chi connectivity index (χ4n) is 2.18. The van der Waals surface area contributed by atoms with Crippen LogP contribution in [0.1, 0.15) is 19.9 Å². The highest BCUT2D eigenvalue weighted by Crippen LogP contribution is 2.25. The Labute approximate surface area is 127 Å². The maximum Gasteiger partial charge on any atom is 0.328 e. The minimum Gasteiger partial charge on any atom is -0.464 e. The minimum atomic E-state index is -3.40. The van der Waals surface area contributed by atoms with Gasteiger partial charge in [-0.1, -0.05) is 6.07 Å². The molecule has 1 unspecified atom stereocenters. The van der Waals surface area contributed by atoms with Gasteiger partial charge in [0.15, 0.2) is 14.6 Å². The molecule has 0 bridgehead atoms. The molecule has 114 valence electrons. The van der Waals surface area contributed by atoms with Gasteiger partial charge < -0.3 is 14.3 Å². The molecule has 0 saturated carbocycles.